The molecular weight excluding hydrogens is 462 g/mol. The number of aromatic hydroxyl groups is 1. The number of nitrogens with zero attached hydrogens (tertiary/aromatic N) is 3. The Balaban J connectivity index is 1.55. The van der Waals surface area contributed by atoms with Gasteiger partial charge < -0.3 is 14.3 Å². The highest BCUT2D eigenvalue weighted by atomic mass is 16.5. The van der Waals surface area contributed by atoms with Crippen LogP contribution in [-0.4, -0.2) is 36.4 Å². The largest absolute Gasteiger partial charge is 0.504 e. The number of benzene rings is 3. The Bertz CT molecular complexity index is 1430. The molecule has 0 spiro atoms. The van der Waals surface area contributed by atoms with Gasteiger partial charge in [0.1, 0.15) is 17.4 Å². The van der Waals surface area contributed by atoms with E-state index in [2.05, 4.69) is 16.0 Å². The van der Waals surface area contributed by atoms with Gasteiger partial charge in [0, 0.05) is 29.4 Å². The second-order valence-electron chi connectivity index (χ2n) is 9.16. The molecule has 1 aliphatic heterocycles. The molecule has 1 N–H and O–H groups in total. The number of furan rings is 1. The first-order chi connectivity index (χ1) is 18.2. The molecule has 0 unspecified atom stereocenters. The molecule has 5 rings (SSSR count). The Kier molecular flexibility index (Phi) is 7.34. The predicted molar refractivity (Wildman–Crippen MR) is 145 cm³/mol. The first kappa shape index (κ1) is 24.4. The molecule has 0 aliphatic carbocycles. The number of aliphatic imine (C=N–C) groups is 1. The van der Waals surface area contributed by atoms with Gasteiger partial charge in [0.25, 0.3) is 0 Å². The number of piperidine rings is 1. The quantitative estimate of drug-likeness (QED) is 0.283. The van der Waals surface area contributed by atoms with Crippen LogP contribution in [0, 0.1) is 11.3 Å². The van der Waals surface area contributed by atoms with Crippen LogP contribution in [0.4, 0.5) is 5.88 Å². The molecule has 0 atom stereocenters. The zero-order valence-electron chi connectivity index (χ0n) is 20.9. The number of ether oxygens (including phenoxy) is 1. The lowest BCUT2D eigenvalue weighted by molar-refractivity contribution is 0.218. The van der Waals surface area contributed by atoms with E-state index in [9.17, 15) is 10.4 Å². The molecule has 6 heteroatoms. The van der Waals surface area contributed by atoms with Crippen molar-refractivity contribution in [2.75, 3.05) is 20.2 Å². The van der Waals surface area contributed by atoms with E-state index in [1.165, 1.54) is 19.3 Å². The topological polar surface area (TPSA) is 82.0 Å². The molecule has 0 bridgehead atoms. The second-order valence-corrected chi connectivity index (χ2v) is 9.16. The van der Waals surface area contributed by atoms with Crippen LogP contribution in [0.5, 0.6) is 11.5 Å². The fourth-order valence-corrected chi connectivity index (χ4v) is 4.82. The number of hydrogen-bond donors (Lipinski definition) is 1. The monoisotopic (exact) mass is 491 g/mol. The minimum atomic E-state index is 0.152. The Morgan fingerprint density at radius 2 is 1.68 bits per heavy atom. The average molecular weight is 492 g/mol. The normalized spacial score (nSPS) is 14.1. The molecule has 37 heavy (non-hydrogen) atoms. The number of likely N-dealkylation sites (tertiary alicyclic amines) is 1. The summed E-state index contributed by atoms with van der Waals surface area (Å²) in [7, 11) is 1.54. The van der Waals surface area contributed by atoms with Crippen molar-refractivity contribution < 1.29 is 14.3 Å². The molecule has 3 aromatic carbocycles. The van der Waals surface area contributed by atoms with E-state index in [4.69, 9.17) is 9.15 Å². The van der Waals surface area contributed by atoms with Gasteiger partial charge in [0.2, 0.25) is 5.88 Å². The molecule has 1 aliphatic rings. The van der Waals surface area contributed by atoms with Gasteiger partial charge in [-0.2, -0.15) is 5.26 Å². The SMILES string of the molecule is COc1cc(C=Nc2oc(-c3ccccc3)c(-c3ccccc3)c2C#N)cc(CN2CCCCC2)c1O. The van der Waals surface area contributed by atoms with Crippen molar-refractivity contribution in [2.24, 2.45) is 4.99 Å². The molecule has 186 valence electrons. The molecule has 0 amide bonds. The van der Waals surface area contributed by atoms with E-state index in [0.717, 1.165) is 40.9 Å². The van der Waals surface area contributed by atoms with Crippen LogP contribution in [0.15, 0.2) is 82.2 Å². The number of rotatable bonds is 7. The Labute approximate surface area is 217 Å². The molecule has 4 aromatic rings. The lowest BCUT2D eigenvalue weighted by Gasteiger charge is -2.27. The highest BCUT2D eigenvalue weighted by Gasteiger charge is 2.23. The molecule has 6 nitrogen and oxygen atoms in total. The first-order valence-electron chi connectivity index (χ1n) is 12.5. The maximum Gasteiger partial charge on any atom is 0.238 e. The van der Waals surface area contributed by atoms with Crippen LogP contribution in [-0.2, 0) is 6.54 Å². The van der Waals surface area contributed by atoms with Gasteiger partial charge >= 0.3 is 0 Å². The van der Waals surface area contributed by atoms with E-state index in [1.807, 2.05) is 66.7 Å². The summed E-state index contributed by atoms with van der Waals surface area (Å²) in [6.07, 6.45) is 5.24. The lowest BCUT2D eigenvalue weighted by Crippen LogP contribution is -2.29. The minimum absolute atomic E-state index is 0.152. The van der Waals surface area contributed by atoms with E-state index in [-0.39, 0.29) is 11.6 Å². The summed E-state index contributed by atoms with van der Waals surface area (Å²) in [6.45, 7) is 2.68. The van der Waals surface area contributed by atoms with E-state index in [1.54, 1.807) is 19.4 Å². The highest BCUT2D eigenvalue weighted by Crippen LogP contribution is 2.42. The minimum Gasteiger partial charge on any atom is -0.504 e. The Morgan fingerprint density at radius 3 is 2.32 bits per heavy atom. The van der Waals surface area contributed by atoms with Gasteiger partial charge in [-0.25, -0.2) is 4.99 Å². The fourth-order valence-electron chi connectivity index (χ4n) is 4.82. The van der Waals surface area contributed by atoms with Crippen molar-refractivity contribution in [2.45, 2.75) is 25.8 Å². The van der Waals surface area contributed by atoms with Crippen LogP contribution in [0.1, 0.15) is 36.0 Å². The van der Waals surface area contributed by atoms with Crippen molar-refractivity contribution in [1.82, 2.24) is 4.90 Å². The van der Waals surface area contributed by atoms with Gasteiger partial charge in [0.15, 0.2) is 11.5 Å². The van der Waals surface area contributed by atoms with Crippen LogP contribution in [0.25, 0.3) is 22.5 Å². The summed E-state index contributed by atoms with van der Waals surface area (Å²) in [5.41, 5.74) is 4.39. The van der Waals surface area contributed by atoms with Gasteiger partial charge in [-0.3, -0.25) is 4.90 Å². The maximum atomic E-state index is 10.7. The summed E-state index contributed by atoms with van der Waals surface area (Å²) in [4.78, 5) is 6.95. The van der Waals surface area contributed by atoms with Crippen molar-refractivity contribution in [3.05, 3.63) is 89.5 Å². The summed E-state index contributed by atoms with van der Waals surface area (Å²) in [6, 6.07) is 25.4. The van der Waals surface area contributed by atoms with Crippen LogP contribution in [0.2, 0.25) is 0 Å². The number of phenolic OH excluding ortho intramolecular Hbond substituents is 1. The number of nitriles is 1. The second kappa shape index (κ2) is 11.2. The molecule has 0 radical (unpaired) electrons. The van der Waals surface area contributed by atoms with Gasteiger partial charge in [-0.1, -0.05) is 67.1 Å². The van der Waals surface area contributed by atoms with Crippen LogP contribution >= 0.6 is 0 Å². The zero-order valence-corrected chi connectivity index (χ0v) is 20.9. The van der Waals surface area contributed by atoms with Gasteiger partial charge in [-0.05, 0) is 49.2 Å². The van der Waals surface area contributed by atoms with Crippen molar-refractivity contribution >= 4 is 12.1 Å². The molecule has 1 aromatic heterocycles. The smallest absolute Gasteiger partial charge is 0.238 e. The number of hydrogen-bond acceptors (Lipinski definition) is 6. The molecule has 0 saturated carbocycles. The molecule has 2 heterocycles. The van der Waals surface area contributed by atoms with E-state index in [0.29, 0.717) is 23.6 Å². The summed E-state index contributed by atoms with van der Waals surface area (Å²) < 4.78 is 11.7. The first-order valence-corrected chi connectivity index (χ1v) is 12.5. The van der Waals surface area contributed by atoms with Crippen LogP contribution < -0.4 is 4.74 Å². The van der Waals surface area contributed by atoms with Crippen molar-refractivity contribution in [3.63, 3.8) is 0 Å². The summed E-state index contributed by atoms with van der Waals surface area (Å²) in [5, 5.41) is 20.9. The molecular formula is C31H29N3O3. The van der Waals surface area contributed by atoms with Gasteiger partial charge in [0.05, 0.1) is 7.11 Å². The summed E-state index contributed by atoms with van der Waals surface area (Å²) >= 11 is 0. The molecule has 1 saturated heterocycles. The number of phenols is 1. The van der Waals surface area contributed by atoms with E-state index >= 15 is 0 Å². The van der Waals surface area contributed by atoms with Crippen molar-refractivity contribution in [1.29, 1.82) is 5.26 Å². The third-order valence-electron chi connectivity index (χ3n) is 6.67. The van der Waals surface area contributed by atoms with Gasteiger partial charge in [-0.15, -0.1) is 0 Å². The van der Waals surface area contributed by atoms with E-state index < -0.39 is 0 Å². The fraction of sp³-hybridized carbons (Fsp3) is 0.226. The standard InChI is InChI=1S/C31H29N3O3/c1-36-27-18-22(17-25(29(27)35)21-34-15-9-4-10-16-34)20-33-31-26(19-32)28(23-11-5-2-6-12-23)30(37-31)24-13-7-3-8-14-24/h2-3,5-8,11-14,17-18,20,35H,4,9-10,15-16,21H2,1H3. The summed E-state index contributed by atoms with van der Waals surface area (Å²) in [5.74, 6) is 1.39. The highest BCUT2D eigenvalue weighted by molar-refractivity contribution is 5.90. The average Bonchev–Trinajstić information content (AvgIpc) is 3.33. The van der Waals surface area contributed by atoms with Crippen molar-refractivity contribution in [3.8, 4) is 40.0 Å². The Hall–Kier alpha value is -4.34. The lowest BCUT2D eigenvalue weighted by atomic mass is 9.98. The zero-order chi connectivity index (χ0) is 25.6. The molecule has 1 fully saturated rings. The third-order valence-corrected chi connectivity index (χ3v) is 6.67. The Morgan fingerprint density at radius 1 is 1.00 bits per heavy atom. The predicted octanol–water partition coefficient (Wildman–Crippen LogP) is 6.94. The third kappa shape index (κ3) is 5.28. The maximum absolute atomic E-state index is 10.7. The van der Waals surface area contributed by atoms with Crippen LogP contribution in [0.3, 0.4) is 0 Å². The number of methoxy groups -OCH3 is 1.